The summed E-state index contributed by atoms with van der Waals surface area (Å²) < 4.78 is 15.7. The van der Waals surface area contributed by atoms with Crippen LogP contribution in [0.2, 0.25) is 0 Å². The lowest BCUT2D eigenvalue weighted by molar-refractivity contribution is -0.142. The molecule has 0 bridgehead atoms. The number of hydrogen-bond acceptors (Lipinski definition) is 4. The summed E-state index contributed by atoms with van der Waals surface area (Å²) in [6.45, 7) is 3.79. The highest BCUT2D eigenvalue weighted by molar-refractivity contribution is 5.79. The molecule has 0 aliphatic rings. The molecule has 0 aliphatic heterocycles. The molecule has 0 amide bonds. The molecule has 2 atom stereocenters. The summed E-state index contributed by atoms with van der Waals surface area (Å²) >= 11 is 0. The zero-order valence-electron chi connectivity index (χ0n) is 13.2. The van der Waals surface area contributed by atoms with E-state index >= 15 is 0 Å². The van der Waals surface area contributed by atoms with Crippen LogP contribution in [0.3, 0.4) is 0 Å². The van der Waals surface area contributed by atoms with Crippen molar-refractivity contribution in [3.8, 4) is 23.8 Å². The molecule has 4 nitrogen and oxygen atoms in total. The molecule has 0 radical (unpaired) electrons. The smallest absolute Gasteiger partial charge is 0.313 e. The van der Waals surface area contributed by atoms with Crippen molar-refractivity contribution in [1.29, 1.82) is 0 Å². The van der Waals surface area contributed by atoms with Gasteiger partial charge in [0.15, 0.2) is 0 Å². The lowest BCUT2D eigenvalue weighted by Gasteiger charge is -2.21. The van der Waals surface area contributed by atoms with Crippen LogP contribution >= 0.6 is 0 Å². The number of benzene rings is 1. The lowest BCUT2D eigenvalue weighted by atomic mass is 9.88. The van der Waals surface area contributed by atoms with E-state index in [0.29, 0.717) is 17.9 Å². The van der Waals surface area contributed by atoms with Gasteiger partial charge in [0.1, 0.15) is 11.5 Å². The Hall–Kier alpha value is -2.15. The number of hydrogen-bond donors (Lipinski definition) is 0. The fourth-order valence-electron chi connectivity index (χ4n) is 2.38. The highest BCUT2D eigenvalue weighted by atomic mass is 16.5. The number of carbonyl (C=O) groups is 1. The Balaban J connectivity index is 3.34. The second kappa shape index (κ2) is 7.58. The van der Waals surface area contributed by atoms with Gasteiger partial charge in [-0.3, -0.25) is 4.79 Å². The second-order valence-corrected chi connectivity index (χ2v) is 4.89. The maximum Gasteiger partial charge on any atom is 0.313 e. The van der Waals surface area contributed by atoms with Crippen LogP contribution in [-0.4, -0.2) is 27.3 Å². The quantitative estimate of drug-likeness (QED) is 0.597. The van der Waals surface area contributed by atoms with Crippen LogP contribution < -0.4 is 9.47 Å². The molecule has 0 saturated heterocycles. The Bertz CT molecular complexity index is 542. The molecule has 4 heteroatoms. The average Bonchev–Trinajstić information content (AvgIpc) is 2.51. The number of methoxy groups -OCH3 is 3. The number of ether oxygens (including phenoxy) is 3. The van der Waals surface area contributed by atoms with Gasteiger partial charge in [0.25, 0.3) is 0 Å². The van der Waals surface area contributed by atoms with Crippen LogP contribution in [-0.2, 0) is 9.53 Å². The Morgan fingerprint density at radius 2 is 1.95 bits per heavy atom. The van der Waals surface area contributed by atoms with Crippen LogP contribution in [0.4, 0.5) is 0 Å². The molecule has 0 saturated carbocycles. The molecule has 0 unspecified atom stereocenters. The van der Waals surface area contributed by atoms with Gasteiger partial charge in [0, 0.05) is 17.0 Å². The van der Waals surface area contributed by atoms with Gasteiger partial charge in [-0.2, -0.15) is 0 Å². The van der Waals surface area contributed by atoms with Crippen molar-refractivity contribution in [2.45, 2.75) is 26.2 Å². The molecule has 0 aromatic heterocycles. The molecule has 0 heterocycles. The SMILES string of the molecule is C#C[C@H](C)C[C@H](C(=O)OC)c1ccc(OC)c(C)c1OC. The summed E-state index contributed by atoms with van der Waals surface area (Å²) in [5, 5.41) is 0. The number of terminal acetylenes is 1. The minimum atomic E-state index is -0.458. The zero-order valence-corrected chi connectivity index (χ0v) is 13.2. The third-order valence-electron chi connectivity index (χ3n) is 3.55. The molecule has 1 rings (SSSR count). The van der Waals surface area contributed by atoms with Crippen molar-refractivity contribution >= 4 is 5.97 Å². The molecular formula is C17H22O4. The number of esters is 1. The van der Waals surface area contributed by atoms with E-state index in [-0.39, 0.29) is 11.9 Å². The molecule has 0 fully saturated rings. The van der Waals surface area contributed by atoms with Crippen LogP contribution in [0.15, 0.2) is 12.1 Å². The van der Waals surface area contributed by atoms with E-state index in [1.807, 2.05) is 26.0 Å². The fourth-order valence-corrected chi connectivity index (χ4v) is 2.38. The Morgan fingerprint density at radius 1 is 1.29 bits per heavy atom. The first kappa shape index (κ1) is 16.9. The third kappa shape index (κ3) is 3.69. The molecule has 21 heavy (non-hydrogen) atoms. The van der Waals surface area contributed by atoms with E-state index in [1.54, 1.807) is 14.2 Å². The van der Waals surface area contributed by atoms with E-state index in [0.717, 1.165) is 11.1 Å². The third-order valence-corrected chi connectivity index (χ3v) is 3.55. The van der Waals surface area contributed by atoms with Crippen LogP contribution in [0.1, 0.15) is 30.4 Å². The normalized spacial score (nSPS) is 13.0. The highest BCUT2D eigenvalue weighted by Gasteiger charge is 2.28. The summed E-state index contributed by atoms with van der Waals surface area (Å²) in [4.78, 5) is 12.1. The van der Waals surface area contributed by atoms with Crippen molar-refractivity contribution in [3.63, 3.8) is 0 Å². The predicted molar refractivity (Wildman–Crippen MR) is 81.7 cm³/mol. The number of rotatable bonds is 6. The fraction of sp³-hybridized carbons (Fsp3) is 0.471. The minimum Gasteiger partial charge on any atom is -0.496 e. The predicted octanol–water partition coefficient (Wildman–Crippen LogP) is 2.93. The topological polar surface area (TPSA) is 44.8 Å². The largest absolute Gasteiger partial charge is 0.496 e. The minimum absolute atomic E-state index is 0.0405. The van der Waals surface area contributed by atoms with Gasteiger partial charge >= 0.3 is 5.97 Å². The van der Waals surface area contributed by atoms with Crippen molar-refractivity contribution < 1.29 is 19.0 Å². The maximum atomic E-state index is 12.1. The second-order valence-electron chi connectivity index (χ2n) is 4.89. The van der Waals surface area contributed by atoms with E-state index in [9.17, 15) is 4.79 Å². The Kier molecular flexibility index (Phi) is 6.10. The van der Waals surface area contributed by atoms with E-state index < -0.39 is 5.92 Å². The Labute approximate surface area is 126 Å². The number of carbonyl (C=O) groups excluding carboxylic acids is 1. The first-order chi connectivity index (χ1) is 9.99. The maximum absolute atomic E-state index is 12.1. The van der Waals surface area contributed by atoms with Crippen molar-refractivity contribution in [3.05, 3.63) is 23.3 Å². The summed E-state index contributed by atoms with van der Waals surface area (Å²) in [6.07, 6.45) is 5.94. The monoisotopic (exact) mass is 290 g/mol. The summed E-state index contributed by atoms with van der Waals surface area (Å²) in [5.41, 5.74) is 1.62. The molecule has 0 N–H and O–H groups in total. The van der Waals surface area contributed by atoms with Gasteiger partial charge in [0.05, 0.1) is 27.2 Å². The van der Waals surface area contributed by atoms with E-state index in [1.165, 1.54) is 7.11 Å². The van der Waals surface area contributed by atoms with Crippen LogP contribution in [0.5, 0.6) is 11.5 Å². The molecule has 114 valence electrons. The first-order valence-corrected chi connectivity index (χ1v) is 6.75. The molecule has 0 aliphatic carbocycles. The van der Waals surface area contributed by atoms with Gasteiger partial charge in [0.2, 0.25) is 0 Å². The highest BCUT2D eigenvalue weighted by Crippen LogP contribution is 2.38. The molecule has 1 aromatic carbocycles. The lowest BCUT2D eigenvalue weighted by Crippen LogP contribution is -2.18. The van der Waals surface area contributed by atoms with Crippen molar-refractivity contribution in [2.75, 3.05) is 21.3 Å². The van der Waals surface area contributed by atoms with Gasteiger partial charge in [-0.05, 0) is 19.4 Å². The Morgan fingerprint density at radius 3 is 2.43 bits per heavy atom. The van der Waals surface area contributed by atoms with Crippen molar-refractivity contribution in [1.82, 2.24) is 0 Å². The van der Waals surface area contributed by atoms with Crippen molar-refractivity contribution in [2.24, 2.45) is 5.92 Å². The molecular weight excluding hydrogens is 268 g/mol. The van der Waals surface area contributed by atoms with Gasteiger partial charge < -0.3 is 14.2 Å². The zero-order chi connectivity index (χ0) is 16.0. The van der Waals surface area contributed by atoms with Gasteiger partial charge in [-0.15, -0.1) is 12.3 Å². The summed E-state index contributed by atoms with van der Waals surface area (Å²) in [5.74, 6) is 3.17. The van der Waals surface area contributed by atoms with E-state index in [2.05, 4.69) is 5.92 Å². The summed E-state index contributed by atoms with van der Waals surface area (Å²) in [6, 6.07) is 3.65. The average molecular weight is 290 g/mol. The summed E-state index contributed by atoms with van der Waals surface area (Å²) in [7, 11) is 4.54. The first-order valence-electron chi connectivity index (χ1n) is 6.75. The molecule has 1 aromatic rings. The van der Waals surface area contributed by atoms with E-state index in [4.69, 9.17) is 20.6 Å². The van der Waals surface area contributed by atoms with Gasteiger partial charge in [-0.25, -0.2) is 0 Å². The van der Waals surface area contributed by atoms with Gasteiger partial charge in [-0.1, -0.05) is 13.0 Å². The standard InChI is InChI=1S/C17H22O4/c1-7-11(2)10-14(17(18)21-6)13-8-9-15(19-4)12(3)16(13)20-5/h1,8-9,11,14H,10H2,2-6H3/t11-,14-/m0/s1. The molecule has 0 spiro atoms. The van der Waals surface area contributed by atoms with Crippen LogP contribution in [0.25, 0.3) is 0 Å². The van der Waals surface area contributed by atoms with Crippen LogP contribution in [0, 0.1) is 25.2 Å².